The molecule has 0 fully saturated rings. The van der Waals surface area contributed by atoms with Crippen LogP contribution in [-0.4, -0.2) is 21.0 Å². The molecule has 1 N–H and O–H groups in total. The maximum Gasteiger partial charge on any atom is 0.270 e. The quantitative estimate of drug-likeness (QED) is 0.583. The molecular formula is C13H8N4O3S2. The molecule has 0 bridgehead atoms. The molecular weight excluding hydrogens is 324 g/mol. The van der Waals surface area contributed by atoms with Gasteiger partial charge in [-0.15, -0.1) is 21.5 Å². The molecule has 0 radical (unpaired) electrons. The average molecular weight is 332 g/mol. The molecule has 1 amide bonds. The number of nitrogens with one attached hydrogen (secondary N) is 1. The summed E-state index contributed by atoms with van der Waals surface area (Å²) in [5.41, 5.74) is 0.570. The van der Waals surface area contributed by atoms with Crippen LogP contribution in [0, 0.1) is 10.1 Å². The Balaban J connectivity index is 1.80. The Kier molecular flexibility index (Phi) is 3.90. The lowest BCUT2D eigenvalue weighted by Gasteiger charge is -1.97. The van der Waals surface area contributed by atoms with Gasteiger partial charge < -0.3 is 0 Å². The summed E-state index contributed by atoms with van der Waals surface area (Å²) in [6.45, 7) is 0. The van der Waals surface area contributed by atoms with Gasteiger partial charge in [0.05, 0.1) is 9.80 Å². The molecule has 0 atom stereocenters. The van der Waals surface area contributed by atoms with Crippen LogP contribution < -0.4 is 5.32 Å². The van der Waals surface area contributed by atoms with Gasteiger partial charge in [-0.2, -0.15) is 0 Å². The predicted molar refractivity (Wildman–Crippen MR) is 84.3 cm³/mol. The summed E-state index contributed by atoms with van der Waals surface area (Å²) < 4.78 is 0. The van der Waals surface area contributed by atoms with Gasteiger partial charge in [0, 0.05) is 17.7 Å². The lowest BCUT2D eigenvalue weighted by Crippen LogP contribution is -2.09. The molecule has 3 aromatic rings. The third-order valence-electron chi connectivity index (χ3n) is 2.69. The maximum atomic E-state index is 11.9. The lowest BCUT2D eigenvalue weighted by atomic mass is 10.2. The standard InChI is InChI=1S/C13H8N4O3S2/c18-11(10-5-2-6-21-10)14-13-16-15-12(22-13)8-3-1-4-9(7-8)17(19)20/h1-7H,(H,14,16,18). The predicted octanol–water partition coefficient (Wildman–Crippen LogP) is 3.43. The van der Waals surface area contributed by atoms with E-state index in [4.69, 9.17) is 0 Å². The Morgan fingerprint density at radius 1 is 1.23 bits per heavy atom. The summed E-state index contributed by atoms with van der Waals surface area (Å²) in [5, 5.41) is 23.9. The number of thiophene rings is 1. The van der Waals surface area contributed by atoms with Gasteiger partial charge in [-0.05, 0) is 11.4 Å². The zero-order valence-electron chi connectivity index (χ0n) is 10.9. The molecule has 110 valence electrons. The first-order valence-corrected chi connectivity index (χ1v) is 7.76. The Morgan fingerprint density at radius 2 is 2.09 bits per heavy atom. The smallest absolute Gasteiger partial charge is 0.270 e. The normalized spacial score (nSPS) is 10.4. The van der Waals surface area contributed by atoms with Crippen LogP contribution in [0.3, 0.4) is 0 Å². The zero-order valence-corrected chi connectivity index (χ0v) is 12.6. The Bertz CT molecular complexity index is 829. The highest BCUT2D eigenvalue weighted by molar-refractivity contribution is 7.18. The number of hydrogen-bond acceptors (Lipinski definition) is 7. The number of rotatable bonds is 4. The topological polar surface area (TPSA) is 98.0 Å². The van der Waals surface area contributed by atoms with E-state index in [9.17, 15) is 14.9 Å². The third kappa shape index (κ3) is 3.00. The van der Waals surface area contributed by atoms with Gasteiger partial charge in [-0.1, -0.05) is 29.5 Å². The lowest BCUT2D eigenvalue weighted by molar-refractivity contribution is -0.384. The number of nitro groups is 1. The molecule has 0 aliphatic carbocycles. The van der Waals surface area contributed by atoms with Crippen molar-refractivity contribution < 1.29 is 9.72 Å². The fourth-order valence-electron chi connectivity index (χ4n) is 1.71. The molecule has 2 heterocycles. The monoisotopic (exact) mass is 332 g/mol. The van der Waals surface area contributed by atoms with Crippen LogP contribution in [-0.2, 0) is 0 Å². The van der Waals surface area contributed by atoms with Crippen molar-refractivity contribution >= 4 is 39.4 Å². The molecule has 0 spiro atoms. The molecule has 1 aromatic carbocycles. The molecule has 9 heteroatoms. The molecule has 0 saturated heterocycles. The number of carbonyl (C=O) groups is 1. The fourth-order valence-corrected chi connectivity index (χ4v) is 3.06. The number of aromatic nitrogens is 2. The fraction of sp³-hybridized carbons (Fsp3) is 0. The second-order valence-electron chi connectivity index (χ2n) is 4.15. The van der Waals surface area contributed by atoms with E-state index in [0.717, 1.165) is 11.3 Å². The molecule has 0 unspecified atom stereocenters. The highest BCUT2D eigenvalue weighted by Crippen LogP contribution is 2.29. The largest absolute Gasteiger partial charge is 0.296 e. The number of benzene rings is 1. The molecule has 3 rings (SSSR count). The van der Waals surface area contributed by atoms with Crippen LogP contribution in [0.25, 0.3) is 10.6 Å². The van der Waals surface area contributed by atoms with Crippen molar-refractivity contribution in [2.24, 2.45) is 0 Å². The van der Waals surface area contributed by atoms with Crippen molar-refractivity contribution in [1.29, 1.82) is 0 Å². The van der Waals surface area contributed by atoms with Gasteiger partial charge in [-0.3, -0.25) is 20.2 Å². The first-order chi connectivity index (χ1) is 10.6. The molecule has 0 aliphatic heterocycles. The van der Waals surface area contributed by atoms with Gasteiger partial charge in [0.1, 0.15) is 5.01 Å². The van der Waals surface area contributed by atoms with Gasteiger partial charge in [-0.25, -0.2) is 0 Å². The van der Waals surface area contributed by atoms with Crippen molar-refractivity contribution in [3.8, 4) is 10.6 Å². The summed E-state index contributed by atoms with van der Waals surface area (Å²) in [6.07, 6.45) is 0. The first kappa shape index (κ1) is 14.3. The van der Waals surface area contributed by atoms with Gasteiger partial charge in [0.15, 0.2) is 0 Å². The number of anilines is 1. The van der Waals surface area contributed by atoms with E-state index in [1.165, 1.54) is 23.5 Å². The summed E-state index contributed by atoms with van der Waals surface area (Å²) in [5.74, 6) is -0.253. The molecule has 0 aliphatic rings. The van der Waals surface area contributed by atoms with Crippen molar-refractivity contribution in [2.45, 2.75) is 0 Å². The second-order valence-corrected chi connectivity index (χ2v) is 6.08. The van der Waals surface area contributed by atoms with Crippen LogP contribution in [0.1, 0.15) is 9.67 Å². The van der Waals surface area contributed by atoms with Crippen molar-refractivity contribution in [3.63, 3.8) is 0 Å². The van der Waals surface area contributed by atoms with Gasteiger partial charge in [0.2, 0.25) is 5.13 Å². The van der Waals surface area contributed by atoms with E-state index in [1.54, 1.807) is 24.3 Å². The number of carbonyl (C=O) groups excluding carboxylic acids is 1. The molecule has 22 heavy (non-hydrogen) atoms. The molecule has 7 nitrogen and oxygen atoms in total. The zero-order chi connectivity index (χ0) is 15.5. The van der Waals surface area contributed by atoms with Crippen LogP contribution in [0.15, 0.2) is 41.8 Å². The van der Waals surface area contributed by atoms with Gasteiger partial charge in [0.25, 0.3) is 11.6 Å². The summed E-state index contributed by atoms with van der Waals surface area (Å²) in [4.78, 5) is 22.8. The van der Waals surface area contributed by atoms with Crippen LogP contribution >= 0.6 is 22.7 Å². The minimum absolute atomic E-state index is 0.0168. The number of nitro benzene ring substituents is 1. The molecule has 0 saturated carbocycles. The Hall–Kier alpha value is -2.65. The van der Waals surface area contributed by atoms with E-state index in [-0.39, 0.29) is 11.6 Å². The SMILES string of the molecule is O=C(Nc1nnc(-c2cccc([N+](=O)[O-])c2)s1)c1cccs1. The van der Waals surface area contributed by atoms with E-state index in [2.05, 4.69) is 15.5 Å². The molecule has 2 aromatic heterocycles. The average Bonchev–Trinajstić information content (AvgIpc) is 3.19. The Morgan fingerprint density at radius 3 is 2.82 bits per heavy atom. The summed E-state index contributed by atoms with van der Waals surface area (Å²) >= 11 is 2.49. The maximum absolute atomic E-state index is 11.9. The first-order valence-electron chi connectivity index (χ1n) is 6.06. The number of non-ortho nitro benzene ring substituents is 1. The van der Waals surface area contributed by atoms with Crippen LogP contribution in [0.2, 0.25) is 0 Å². The van der Waals surface area contributed by atoms with Crippen molar-refractivity contribution in [1.82, 2.24) is 10.2 Å². The van der Waals surface area contributed by atoms with Crippen molar-refractivity contribution in [2.75, 3.05) is 5.32 Å². The number of nitrogens with zero attached hydrogens (tertiary/aromatic N) is 3. The summed E-state index contributed by atoms with van der Waals surface area (Å²) in [7, 11) is 0. The van der Waals surface area contributed by atoms with Gasteiger partial charge >= 0.3 is 0 Å². The van der Waals surface area contributed by atoms with Crippen molar-refractivity contribution in [3.05, 3.63) is 56.8 Å². The number of amides is 1. The number of hydrogen-bond donors (Lipinski definition) is 1. The van der Waals surface area contributed by atoms with E-state index in [0.29, 0.717) is 20.6 Å². The van der Waals surface area contributed by atoms with Crippen LogP contribution in [0.4, 0.5) is 10.8 Å². The van der Waals surface area contributed by atoms with E-state index < -0.39 is 4.92 Å². The summed E-state index contributed by atoms with van der Waals surface area (Å²) in [6, 6.07) is 9.61. The Labute approximate surface area is 132 Å². The van der Waals surface area contributed by atoms with E-state index >= 15 is 0 Å². The third-order valence-corrected chi connectivity index (χ3v) is 4.45. The second kappa shape index (κ2) is 6.00. The minimum atomic E-state index is -0.468. The minimum Gasteiger partial charge on any atom is -0.296 e. The van der Waals surface area contributed by atoms with E-state index in [1.807, 2.05) is 5.38 Å². The highest BCUT2D eigenvalue weighted by atomic mass is 32.1. The highest BCUT2D eigenvalue weighted by Gasteiger charge is 2.13. The van der Waals surface area contributed by atoms with Crippen LogP contribution in [0.5, 0.6) is 0 Å².